The van der Waals surface area contributed by atoms with Crippen molar-refractivity contribution >= 4 is 40.7 Å². The number of rotatable bonds is 5. The molecule has 3 rings (SSSR count). The van der Waals surface area contributed by atoms with Crippen LogP contribution in [0.25, 0.3) is 10.4 Å². The lowest BCUT2D eigenvalue weighted by atomic mass is 10.2. The van der Waals surface area contributed by atoms with E-state index in [-0.39, 0.29) is 16.5 Å². The van der Waals surface area contributed by atoms with Crippen molar-refractivity contribution in [1.29, 1.82) is 0 Å². The highest BCUT2D eigenvalue weighted by atomic mass is 35.5. The number of nitrogens with zero attached hydrogens (tertiary/aromatic N) is 2. The Balaban J connectivity index is 1.70. The summed E-state index contributed by atoms with van der Waals surface area (Å²) in [6.45, 7) is 0. The third-order valence-corrected chi connectivity index (χ3v) is 5.00. The fourth-order valence-corrected chi connectivity index (χ4v) is 3.26. The summed E-state index contributed by atoms with van der Waals surface area (Å²) in [4.78, 5) is 23.7. The van der Waals surface area contributed by atoms with Gasteiger partial charge in [0.05, 0.1) is 16.0 Å². The highest BCUT2D eigenvalue weighted by Gasteiger charge is 2.11. The van der Waals surface area contributed by atoms with Gasteiger partial charge in [-0.3, -0.25) is 14.9 Å². The van der Waals surface area contributed by atoms with Crippen LogP contribution in [0.1, 0.15) is 15.2 Å². The van der Waals surface area contributed by atoms with Gasteiger partial charge >= 0.3 is 0 Å². The second-order valence-electron chi connectivity index (χ2n) is 5.33. The Hall–Kier alpha value is -3.10. The van der Waals surface area contributed by atoms with Crippen LogP contribution in [0.15, 0.2) is 59.7 Å². The number of amides is 1. The van der Waals surface area contributed by atoms with Crippen molar-refractivity contribution in [3.8, 4) is 10.4 Å². The zero-order chi connectivity index (χ0) is 19.4. The molecule has 6 nitrogen and oxygen atoms in total. The number of carbonyl (C=O) groups is 1. The third-order valence-electron chi connectivity index (χ3n) is 3.52. The highest BCUT2D eigenvalue weighted by molar-refractivity contribution is 7.17. The first-order valence-corrected chi connectivity index (χ1v) is 8.76. The number of carbonyl (C=O) groups excluding carboxylic acids is 1. The van der Waals surface area contributed by atoms with Gasteiger partial charge in [-0.15, -0.1) is 11.3 Å². The fourth-order valence-electron chi connectivity index (χ4n) is 2.19. The number of halogens is 2. The average Bonchev–Trinajstić information content (AvgIpc) is 3.14. The maximum Gasteiger partial charge on any atom is 0.281 e. The van der Waals surface area contributed by atoms with E-state index in [0.29, 0.717) is 10.4 Å². The van der Waals surface area contributed by atoms with Crippen LogP contribution >= 0.6 is 22.9 Å². The second-order valence-corrected chi connectivity index (χ2v) is 6.82. The van der Waals surface area contributed by atoms with Gasteiger partial charge in [0, 0.05) is 27.6 Å². The van der Waals surface area contributed by atoms with E-state index < -0.39 is 10.8 Å². The summed E-state index contributed by atoms with van der Waals surface area (Å²) in [7, 11) is 0. The lowest BCUT2D eigenvalue weighted by molar-refractivity contribution is -0.384. The molecule has 0 radical (unpaired) electrons. The summed E-state index contributed by atoms with van der Waals surface area (Å²) < 4.78 is 13.0. The quantitative estimate of drug-likeness (QED) is 0.374. The van der Waals surface area contributed by atoms with Gasteiger partial charge in [0.2, 0.25) is 0 Å². The molecule has 27 heavy (non-hydrogen) atoms. The van der Waals surface area contributed by atoms with E-state index in [1.54, 1.807) is 24.3 Å². The van der Waals surface area contributed by atoms with E-state index >= 15 is 0 Å². The van der Waals surface area contributed by atoms with Crippen LogP contribution in [0.5, 0.6) is 0 Å². The topological polar surface area (TPSA) is 84.6 Å². The van der Waals surface area contributed by atoms with Gasteiger partial charge in [0.1, 0.15) is 5.82 Å². The van der Waals surface area contributed by atoms with E-state index in [9.17, 15) is 19.3 Å². The standard InChI is InChI=1S/C18H11ClFN3O3S/c19-15-6-5-14(23(25)26)9-12(15)10-21-22-18(24)17-8-7-16(27-17)11-1-3-13(20)4-2-11/h1-10H,(H,22,24)/b21-10-. The van der Waals surface area contributed by atoms with Crippen LogP contribution in [0.3, 0.4) is 0 Å². The maximum atomic E-state index is 13.0. The van der Waals surface area contributed by atoms with Crippen LogP contribution in [0.2, 0.25) is 5.02 Å². The molecule has 0 aliphatic rings. The lowest BCUT2D eigenvalue weighted by Gasteiger charge is -1.99. The van der Waals surface area contributed by atoms with E-state index in [2.05, 4.69) is 10.5 Å². The molecule has 0 aliphatic carbocycles. The average molecular weight is 404 g/mol. The molecule has 1 amide bonds. The normalized spacial score (nSPS) is 10.9. The number of hydrazone groups is 1. The predicted octanol–water partition coefficient (Wildman–Crippen LogP) is 4.88. The minimum Gasteiger partial charge on any atom is -0.266 e. The summed E-state index contributed by atoms with van der Waals surface area (Å²) in [6, 6.07) is 13.3. The van der Waals surface area contributed by atoms with Crippen molar-refractivity contribution in [2.75, 3.05) is 0 Å². The molecule has 2 aromatic carbocycles. The van der Waals surface area contributed by atoms with Crippen molar-refractivity contribution < 1.29 is 14.1 Å². The highest BCUT2D eigenvalue weighted by Crippen LogP contribution is 2.28. The van der Waals surface area contributed by atoms with E-state index in [0.717, 1.165) is 10.4 Å². The molecule has 0 atom stereocenters. The SMILES string of the molecule is O=C(N/N=C\c1cc([N+](=O)[O-])ccc1Cl)c1ccc(-c2ccc(F)cc2)s1. The van der Waals surface area contributed by atoms with Crippen molar-refractivity contribution in [2.24, 2.45) is 5.10 Å². The Morgan fingerprint density at radius 3 is 2.63 bits per heavy atom. The molecule has 1 aromatic heterocycles. The van der Waals surface area contributed by atoms with E-state index in [1.165, 1.54) is 47.9 Å². The number of thiophene rings is 1. The molecule has 0 aliphatic heterocycles. The van der Waals surface area contributed by atoms with Crippen LogP contribution < -0.4 is 5.43 Å². The number of non-ortho nitro benzene ring substituents is 1. The van der Waals surface area contributed by atoms with Gasteiger partial charge in [0.15, 0.2) is 0 Å². The zero-order valence-electron chi connectivity index (χ0n) is 13.6. The number of nitro benzene ring substituents is 1. The molecule has 0 saturated heterocycles. The Labute approximate surface area is 162 Å². The summed E-state index contributed by atoms with van der Waals surface area (Å²) in [5, 5.41) is 14.9. The Kier molecular flexibility index (Phi) is 5.58. The zero-order valence-corrected chi connectivity index (χ0v) is 15.1. The second kappa shape index (κ2) is 8.07. The first-order chi connectivity index (χ1) is 12.9. The Bertz CT molecular complexity index is 1030. The Morgan fingerprint density at radius 1 is 1.19 bits per heavy atom. The molecule has 0 fully saturated rings. The molecule has 136 valence electrons. The number of hydrogen-bond donors (Lipinski definition) is 1. The summed E-state index contributed by atoms with van der Waals surface area (Å²) in [5.74, 6) is -0.770. The van der Waals surface area contributed by atoms with Crippen LogP contribution in [-0.2, 0) is 0 Å². The lowest BCUT2D eigenvalue weighted by Crippen LogP contribution is -2.16. The van der Waals surface area contributed by atoms with Crippen molar-refractivity contribution in [3.63, 3.8) is 0 Å². The monoisotopic (exact) mass is 403 g/mol. The summed E-state index contributed by atoms with van der Waals surface area (Å²) in [5.41, 5.74) is 3.33. The number of hydrogen-bond acceptors (Lipinski definition) is 5. The van der Waals surface area contributed by atoms with E-state index in [4.69, 9.17) is 11.6 Å². The molecule has 1 heterocycles. The van der Waals surface area contributed by atoms with Gasteiger partial charge in [0.25, 0.3) is 11.6 Å². The minimum absolute atomic E-state index is 0.130. The number of nitro groups is 1. The van der Waals surface area contributed by atoms with Gasteiger partial charge in [-0.2, -0.15) is 5.10 Å². The number of benzene rings is 2. The molecule has 1 N–H and O–H groups in total. The van der Waals surface area contributed by atoms with Gasteiger partial charge in [-0.1, -0.05) is 23.7 Å². The molecule has 3 aromatic rings. The molecule has 0 saturated carbocycles. The molecular weight excluding hydrogens is 393 g/mol. The smallest absolute Gasteiger partial charge is 0.266 e. The molecule has 0 unspecified atom stereocenters. The first kappa shape index (κ1) is 18.7. The summed E-state index contributed by atoms with van der Waals surface area (Å²) >= 11 is 7.20. The predicted molar refractivity (Wildman–Crippen MR) is 103 cm³/mol. The first-order valence-electron chi connectivity index (χ1n) is 7.57. The third kappa shape index (κ3) is 4.55. The van der Waals surface area contributed by atoms with Crippen molar-refractivity contribution in [2.45, 2.75) is 0 Å². The van der Waals surface area contributed by atoms with Crippen LogP contribution in [0, 0.1) is 15.9 Å². The van der Waals surface area contributed by atoms with Gasteiger partial charge in [-0.25, -0.2) is 9.82 Å². The van der Waals surface area contributed by atoms with Crippen LogP contribution in [-0.4, -0.2) is 17.0 Å². The van der Waals surface area contributed by atoms with Gasteiger partial charge in [-0.05, 0) is 35.9 Å². The molecule has 0 bridgehead atoms. The van der Waals surface area contributed by atoms with Crippen molar-refractivity contribution in [1.82, 2.24) is 5.43 Å². The summed E-state index contributed by atoms with van der Waals surface area (Å²) in [6.07, 6.45) is 1.24. The minimum atomic E-state index is -0.547. The fraction of sp³-hybridized carbons (Fsp3) is 0. The molecule has 0 spiro atoms. The molecule has 9 heteroatoms. The van der Waals surface area contributed by atoms with Crippen LogP contribution in [0.4, 0.5) is 10.1 Å². The van der Waals surface area contributed by atoms with Gasteiger partial charge < -0.3 is 0 Å². The van der Waals surface area contributed by atoms with E-state index in [1.807, 2.05) is 0 Å². The number of nitrogens with one attached hydrogen (secondary N) is 1. The Morgan fingerprint density at radius 2 is 1.93 bits per heavy atom. The molecular formula is C18H11ClFN3O3S. The van der Waals surface area contributed by atoms with Crippen molar-refractivity contribution in [3.05, 3.63) is 86.0 Å². The maximum absolute atomic E-state index is 13.0. The largest absolute Gasteiger partial charge is 0.281 e.